The van der Waals surface area contributed by atoms with Gasteiger partial charge >= 0.3 is 0 Å². The molecule has 26 heavy (non-hydrogen) atoms. The van der Waals surface area contributed by atoms with E-state index in [0.29, 0.717) is 17.8 Å². The number of para-hydroxylation sites is 1. The lowest BCUT2D eigenvalue weighted by atomic mass is 9.88. The number of benzene rings is 2. The van der Waals surface area contributed by atoms with Crippen LogP contribution in [0.5, 0.6) is 5.75 Å². The first-order chi connectivity index (χ1) is 12.4. The summed E-state index contributed by atoms with van der Waals surface area (Å²) in [7, 11) is 0. The van der Waals surface area contributed by atoms with E-state index in [1.165, 1.54) is 12.1 Å². The van der Waals surface area contributed by atoms with E-state index < -0.39 is 23.7 Å². The normalized spacial score (nSPS) is 18.9. The Balaban J connectivity index is 2.00. The van der Waals surface area contributed by atoms with Gasteiger partial charge in [-0.25, -0.2) is 0 Å². The van der Waals surface area contributed by atoms with Crippen molar-refractivity contribution in [2.45, 2.75) is 31.8 Å². The van der Waals surface area contributed by atoms with Crippen LogP contribution in [0.2, 0.25) is 0 Å². The summed E-state index contributed by atoms with van der Waals surface area (Å²) in [6.45, 7) is 2.51. The molecule has 3 rings (SSSR count). The maximum absolute atomic E-state index is 13.0. The van der Waals surface area contributed by atoms with Crippen LogP contribution in [0, 0.1) is 0 Å². The van der Waals surface area contributed by atoms with Crippen LogP contribution in [-0.2, 0) is 10.4 Å². The molecule has 1 atom stereocenters. The van der Waals surface area contributed by atoms with E-state index in [1.807, 2.05) is 13.0 Å². The average Bonchev–Trinajstić information content (AvgIpc) is 2.81. The van der Waals surface area contributed by atoms with Crippen molar-refractivity contribution in [1.82, 2.24) is 0 Å². The topological polar surface area (TPSA) is 77.8 Å². The molecule has 0 aromatic heterocycles. The summed E-state index contributed by atoms with van der Waals surface area (Å²) in [4.78, 5) is 27.2. The fraction of sp³-hybridized carbons (Fsp3) is 0.300. The smallest absolute Gasteiger partial charge is 0.264 e. The van der Waals surface area contributed by atoms with Gasteiger partial charge in [0.2, 0.25) is 0 Å². The van der Waals surface area contributed by atoms with Crippen molar-refractivity contribution in [3.8, 4) is 5.75 Å². The molecule has 5 nitrogen and oxygen atoms in total. The summed E-state index contributed by atoms with van der Waals surface area (Å²) in [5, 5.41) is 21.1. The summed E-state index contributed by atoms with van der Waals surface area (Å²) in [6.07, 6.45) is 1.28. The fourth-order valence-electron chi connectivity index (χ4n) is 3.27. The first-order valence-electron chi connectivity index (χ1n) is 8.54. The van der Waals surface area contributed by atoms with Crippen LogP contribution in [0.1, 0.15) is 42.1 Å². The number of unbranched alkanes of at least 4 members (excludes halogenated alkanes) is 1. The molecule has 2 aromatic carbocycles. The lowest BCUT2D eigenvalue weighted by Gasteiger charge is -2.23. The van der Waals surface area contributed by atoms with Gasteiger partial charge in [0.25, 0.3) is 5.91 Å². The number of phenolic OH excluding ortho intramolecular Hbond substituents is 1. The predicted octanol–water partition coefficient (Wildman–Crippen LogP) is 3.76. The van der Waals surface area contributed by atoms with E-state index in [9.17, 15) is 19.8 Å². The van der Waals surface area contributed by atoms with E-state index in [2.05, 4.69) is 15.9 Å². The minimum absolute atomic E-state index is 0.0947. The van der Waals surface area contributed by atoms with Crippen molar-refractivity contribution in [2.75, 3.05) is 11.4 Å². The Labute approximate surface area is 160 Å². The number of nitrogens with zero attached hydrogens (tertiary/aromatic N) is 1. The minimum atomic E-state index is -1.94. The Morgan fingerprint density at radius 1 is 1.23 bits per heavy atom. The van der Waals surface area contributed by atoms with Gasteiger partial charge in [0.05, 0.1) is 17.7 Å². The molecule has 1 aliphatic heterocycles. The maximum atomic E-state index is 13.0. The third-order valence-corrected chi connectivity index (χ3v) is 5.14. The number of aromatic hydroxyl groups is 1. The average molecular weight is 418 g/mol. The van der Waals surface area contributed by atoms with Gasteiger partial charge in [-0.2, -0.15) is 0 Å². The number of anilines is 1. The van der Waals surface area contributed by atoms with Gasteiger partial charge in [-0.05, 0) is 36.8 Å². The predicted molar refractivity (Wildman–Crippen MR) is 102 cm³/mol. The number of hydrogen-bond acceptors (Lipinski definition) is 4. The maximum Gasteiger partial charge on any atom is 0.264 e. The summed E-state index contributed by atoms with van der Waals surface area (Å²) in [5.74, 6) is -1.14. The van der Waals surface area contributed by atoms with E-state index in [0.717, 1.165) is 17.3 Å². The SMILES string of the molecule is CCCCN1C(=O)C(O)(CC(=O)c2ccccc2O)c2cc(Br)ccc21. The summed E-state index contributed by atoms with van der Waals surface area (Å²) in [6, 6.07) is 11.4. The number of carbonyl (C=O) groups excluding carboxylic acids is 2. The van der Waals surface area contributed by atoms with Crippen LogP contribution in [0.15, 0.2) is 46.9 Å². The molecule has 2 aromatic rings. The Hall–Kier alpha value is -2.18. The molecule has 1 heterocycles. The lowest BCUT2D eigenvalue weighted by molar-refractivity contribution is -0.135. The third-order valence-electron chi connectivity index (χ3n) is 4.65. The number of amides is 1. The number of aliphatic hydroxyl groups is 1. The monoisotopic (exact) mass is 417 g/mol. The van der Waals surface area contributed by atoms with Gasteiger partial charge in [-0.15, -0.1) is 0 Å². The molecular formula is C20H20BrNO4. The highest BCUT2D eigenvalue weighted by Gasteiger charge is 2.50. The van der Waals surface area contributed by atoms with Crippen LogP contribution in [-0.4, -0.2) is 28.4 Å². The van der Waals surface area contributed by atoms with Gasteiger partial charge in [0.1, 0.15) is 5.75 Å². The van der Waals surface area contributed by atoms with Gasteiger partial charge in [-0.1, -0.05) is 41.4 Å². The Kier molecular flexibility index (Phi) is 5.16. The molecule has 1 aliphatic rings. The molecule has 0 bridgehead atoms. The molecule has 0 saturated heterocycles. The van der Waals surface area contributed by atoms with Crippen LogP contribution in [0.3, 0.4) is 0 Å². The van der Waals surface area contributed by atoms with Crippen LogP contribution in [0.4, 0.5) is 5.69 Å². The van der Waals surface area contributed by atoms with E-state index in [4.69, 9.17) is 0 Å². The van der Waals surface area contributed by atoms with Crippen molar-refractivity contribution < 1.29 is 19.8 Å². The van der Waals surface area contributed by atoms with Crippen LogP contribution >= 0.6 is 15.9 Å². The summed E-state index contributed by atoms with van der Waals surface area (Å²) in [5.41, 5.74) is -0.806. The molecule has 136 valence electrons. The highest BCUT2D eigenvalue weighted by molar-refractivity contribution is 9.10. The van der Waals surface area contributed by atoms with Crippen molar-refractivity contribution >= 4 is 33.3 Å². The standard InChI is InChI=1S/C20H20BrNO4/c1-2-3-10-22-16-9-8-13(21)11-15(16)20(26,19(22)25)12-18(24)14-6-4-5-7-17(14)23/h4-9,11,23,26H,2-3,10,12H2,1H3. The second kappa shape index (κ2) is 7.21. The highest BCUT2D eigenvalue weighted by atomic mass is 79.9. The molecule has 0 fully saturated rings. The lowest BCUT2D eigenvalue weighted by Crippen LogP contribution is -2.42. The number of rotatable bonds is 6. The van der Waals surface area contributed by atoms with Crippen molar-refractivity contribution in [3.63, 3.8) is 0 Å². The number of phenols is 1. The second-order valence-electron chi connectivity index (χ2n) is 6.45. The third kappa shape index (κ3) is 3.15. The molecule has 1 unspecified atom stereocenters. The Bertz CT molecular complexity index is 867. The number of Topliss-reactive ketones (excluding diaryl/α,β-unsaturated/α-hetero) is 1. The van der Waals surface area contributed by atoms with Crippen molar-refractivity contribution in [3.05, 3.63) is 58.1 Å². The zero-order chi connectivity index (χ0) is 18.9. The van der Waals surface area contributed by atoms with E-state index in [1.54, 1.807) is 29.2 Å². The number of ketones is 1. The van der Waals surface area contributed by atoms with Gasteiger partial charge < -0.3 is 15.1 Å². The largest absolute Gasteiger partial charge is 0.507 e. The summed E-state index contributed by atoms with van der Waals surface area (Å²) >= 11 is 3.37. The van der Waals surface area contributed by atoms with E-state index >= 15 is 0 Å². The number of fused-ring (bicyclic) bond motifs is 1. The van der Waals surface area contributed by atoms with Crippen LogP contribution in [0.25, 0.3) is 0 Å². The number of hydrogen-bond donors (Lipinski definition) is 2. The first-order valence-corrected chi connectivity index (χ1v) is 9.33. The molecule has 0 aliphatic carbocycles. The minimum Gasteiger partial charge on any atom is -0.507 e. The van der Waals surface area contributed by atoms with Crippen LogP contribution < -0.4 is 4.90 Å². The molecule has 6 heteroatoms. The molecule has 0 radical (unpaired) electrons. The first kappa shape index (κ1) is 18.6. The van der Waals surface area contributed by atoms with Gasteiger partial charge in [-0.3, -0.25) is 9.59 Å². The second-order valence-corrected chi connectivity index (χ2v) is 7.36. The van der Waals surface area contributed by atoms with Crippen molar-refractivity contribution in [2.24, 2.45) is 0 Å². The molecule has 0 spiro atoms. The highest BCUT2D eigenvalue weighted by Crippen LogP contribution is 2.44. The zero-order valence-corrected chi connectivity index (χ0v) is 16.0. The molecular weight excluding hydrogens is 398 g/mol. The summed E-state index contributed by atoms with van der Waals surface area (Å²) < 4.78 is 0.717. The molecule has 0 saturated carbocycles. The van der Waals surface area contributed by atoms with Crippen molar-refractivity contribution in [1.29, 1.82) is 0 Å². The molecule has 1 amide bonds. The quantitative estimate of drug-likeness (QED) is 0.701. The Morgan fingerprint density at radius 2 is 1.96 bits per heavy atom. The fourth-order valence-corrected chi connectivity index (χ4v) is 3.63. The zero-order valence-electron chi connectivity index (χ0n) is 14.4. The van der Waals surface area contributed by atoms with Gasteiger partial charge in [0.15, 0.2) is 11.4 Å². The van der Waals surface area contributed by atoms with Gasteiger partial charge in [0, 0.05) is 16.6 Å². The number of carbonyl (C=O) groups is 2. The molecule has 2 N–H and O–H groups in total. The number of halogens is 1. The Morgan fingerprint density at radius 3 is 2.65 bits per heavy atom. The van der Waals surface area contributed by atoms with E-state index in [-0.39, 0.29) is 11.3 Å².